The van der Waals surface area contributed by atoms with Gasteiger partial charge in [0, 0.05) is 23.8 Å². The first-order chi connectivity index (χ1) is 9.56. The summed E-state index contributed by atoms with van der Waals surface area (Å²) in [4.78, 5) is 10.1. The molecular weight excluding hydrogens is 262 g/mol. The van der Waals surface area contributed by atoms with Crippen LogP contribution >= 0.6 is 0 Å². The van der Waals surface area contributed by atoms with Crippen molar-refractivity contribution in [1.82, 2.24) is 0 Å². The summed E-state index contributed by atoms with van der Waals surface area (Å²) < 4.78 is 0. The van der Waals surface area contributed by atoms with Crippen molar-refractivity contribution in [3.05, 3.63) is 58.1 Å². The van der Waals surface area contributed by atoms with Crippen molar-refractivity contribution >= 4 is 17.6 Å². The van der Waals surface area contributed by atoms with Crippen LogP contribution in [0, 0.1) is 10.1 Å². The molecule has 0 aliphatic heterocycles. The molecule has 0 aliphatic carbocycles. The monoisotopic (exact) mass is 273 g/mol. The summed E-state index contributed by atoms with van der Waals surface area (Å²) in [5, 5.41) is 33.1. The fourth-order valence-electron chi connectivity index (χ4n) is 1.51. The van der Waals surface area contributed by atoms with E-state index in [4.69, 9.17) is 5.11 Å². The Bertz CT molecular complexity index is 670. The zero-order chi connectivity index (χ0) is 14.5. The van der Waals surface area contributed by atoms with E-state index in [1.165, 1.54) is 42.6 Å². The summed E-state index contributed by atoms with van der Waals surface area (Å²) in [6.07, 6.45) is 1.34. The second kappa shape index (κ2) is 5.70. The van der Waals surface area contributed by atoms with Gasteiger partial charge >= 0.3 is 0 Å². The molecule has 0 heterocycles. The summed E-state index contributed by atoms with van der Waals surface area (Å²) >= 11 is 0. The molecule has 0 amide bonds. The fraction of sp³-hybridized carbons (Fsp3) is 0. The zero-order valence-electron chi connectivity index (χ0n) is 10.2. The number of hydrogen-bond donors (Lipinski definition) is 3. The minimum atomic E-state index is -0.499. The van der Waals surface area contributed by atoms with Crippen LogP contribution in [0.25, 0.3) is 0 Å². The smallest absolute Gasteiger partial charge is 0.271 e. The first-order valence-corrected chi connectivity index (χ1v) is 5.62. The average Bonchev–Trinajstić information content (AvgIpc) is 2.41. The Kier molecular flexibility index (Phi) is 3.80. The van der Waals surface area contributed by atoms with Gasteiger partial charge in [-0.1, -0.05) is 6.07 Å². The summed E-state index contributed by atoms with van der Waals surface area (Å²) in [7, 11) is 0. The van der Waals surface area contributed by atoms with Crippen LogP contribution in [0.15, 0.2) is 47.6 Å². The third-order valence-corrected chi connectivity index (χ3v) is 2.47. The van der Waals surface area contributed by atoms with E-state index in [1.807, 2.05) is 0 Å². The number of phenols is 2. The Morgan fingerprint density at radius 3 is 2.70 bits per heavy atom. The number of phenolic OH excluding ortho intramolecular Hbond substituents is 2. The lowest BCUT2D eigenvalue weighted by molar-refractivity contribution is -0.384. The molecule has 0 saturated carbocycles. The summed E-state index contributed by atoms with van der Waals surface area (Å²) in [5.41, 5.74) is 3.43. The van der Waals surface area contributed by atoms with Gasteiger partial charge in [-0.15, -0.1) is 0 Å². The maximum Gasteiger partial charge on any atom is 0.271 e. The summed E-state index contributed by atoms with van der Waals surface area (Å²) in [6, 6.07) is 9.97. The molecule has 2 aromatic rings. The largest absolute Gasteiger partial charge is 0.508 e. The van der Waals surface area contributed by atoms with Crippen LogP contribution in [0.4, 0.5) is 11.4 Å². The van der Waals surface area contributed by atoms with Crippen molar-refractivity contribution < 1.29 is 15.1 Å². The Morgan fingerprint density at radius 1 is 1.20 bits per heavy atom. The molecule has 3 N–H and O–H groups in total. The van der Waals surface area contributed by atoms with Crippen LogP contribution in [-0.4, -0.2) is 21.4 Å². The van der Waals surface area contributed by atoms with Gasteiger partial charge in [0.1, 0.15) is 11.5 Å². The molecule has 0 aromatic heterocycles. The van der Waals surface area contributed by atoms with E-state index >= 15 is 0 Å². The maximum absolute atomic E-state index is 10.6. The Labute approximate surface area is 114 Å². The standard InChI is InChI=1S/C13H11N3O4/c17-12-5-4-9(13(18)7-12)8-14-15-10-2-1-3-11(6-10)16(19)20/h1-8,15,17-18H. The predicted octanol–water partition coefficient (Wildman–Crippen LogP) is 2.45. The first kappa shape index (κ1) is 13.3. The van der Waals surface area contributed by atoms with Crippen LogP contribution in [0.1, 0.15) is 5.56 Å². The SMILES string of the molecule is O=[N+]([O-])c1cccc(NN=Cc2ccc(O)cc2O)c1. The molecule has 7 heteroatoms. The number of anilines is 1. The third kappa shape index (κ3) is 3.22. The number of rotatable bonds is 4. The zero-order valence-corrected chi connectivity index (χ0v) is 10.2. The van der Waals surface area contributed by atoms with Gasteiger partial charge in [0.2, 0.25) is 0 Å². The Hall–Kier alpha value is -3.09. The molecule has 0 fully saturated rings. The second-order valence-electron chi connectivity index (χ2n) is 3.92. The molecule has 0 bridgehead atoms. The predicted molar refractivity (Wildman–Crippen MR) is 74.1 cm³/mol. The van der Waals surface area contributed by atoms with Crippen LogP contribution in [0.2, 0.25) is 0 Å². The average molecular weight is 273 g/mol. The van der Waals surface area contributed by atoms with Crippen LogP contribution in [0.5, 0.6) is 11.5 Å². The van der Waals surface area contributed by atoms with Crippen LogP contribution < -0.4 is 5.43 Å². The number of non-ortho nitro benzene ring substituents is 1. The summed E-state index contributed by atoms with van der Waals surface area (Å²) in [6.45, 7) is 0. The van der Waals surface area contributed by atoms with Crippen molar-refractivity contribution in [3.63, 3.8) is 0 Å². The highest BCUT2D eigenvalue weighted by molar-refractivity contribution is 5.84. The van der Waals surface area contributed by atoms with Crippen molar-refractivity contribution in [2.45, 2.75) is 0 Å². The molecule has 0 atom stereocenters. The molecule has 20 heavy (non-hydrogen) atoms. The number of aromatic hydroxyl groups is 2. The molecule has 0 spiro atoms. The molecule has 2 rings (SSSR count). The minimum absolute atomic E-state index is 0.0438. The lowest BCUT2D eigenvalue weighted by Gasteiger charge is -2.01. The van der Waals surface area contributed by atoms with Crippen molar-refractivity contribution in [2.75, 3.05) is 5.43 Å². The molecule has 0 saturated heterocycles. The quantitative estimate of drug-likeness (QED) is 0.450. The van der Waals surface area contributed by atoms with E-state index in [1.54, 1.807) is 6.07 Å². The van der Waals surface area contributed by atoms with Crippen molar-refractivity contribution in [3.8, 4) is 11.5 Å². The molecule has 0 radical (unpaired) electrons. The van der Waals surface area contributed by atoms with Gasteiger partial charge in [0.15, 0.2) is 0 Å². The van der Waals surface area contributed by atoms with E-state index in [9.17, 15) is 15.2 Å². The lowest BCUT2D eigenvalue weighted by atomic mass is 10.2. The number of nitrogens with one attached hydrogen (secondary N) is 1. The Morgan fingerprint density at radius 2 is 2.00 bits per heavy atom. The highest BCUT2D eigenvalue weighted by atomic mass is 16.6. The molecular formula is C13H11N3O4. The summed E-state index contributed by atoms with van der Waals surface area (Å²) in [5.74, 6) is -0.166. The second-order valence-corrected chi connectivity index (χ2v) is 3.92. The molecule has 0 aliphatic rings. The van der Waals surface area contributed by atoms with Gasteiger partial charge in [-0.2, -0.15) is 5.10 Å². The highest BCUT2D eigenvalue weighted by Gasteiger charge is 2.04. The van der Waals surface area contributed by atoms with Gasteiger partial charge in [0.25, 0.3) is 5.69 Å². The lowest BCUT2D eigenvalue weighted by Crippen LogP contribution is -1.93. The normalized spacial score (nSPS) is 10.6. The number of nitro benzene ring substituents is 1. The topological polar surface area (TPSA) is 108 Å². The maximum atomic E-state index is 10.6. The number of hydrogen-bond acceptors (Lipinski definition) is 6. The van der Waals surface area contributed by atoms with E-state index in [0.717, 1.165) is 0 Å². The Balaban J connectivity index is 2.10. The first-order valence-electron chi connectivity index (χ1n) is 5.62. The number of nitrogens with zero attached hydrogens (tertiary/aromatic N) is 2. The van der Waals surface area contributed by atoms with E-state index in [2.05, 4.69) is 10.5 Å². The van der Waals surface area contributed by atoms with E-state index in [0.29, 0.717) is 11.3 Å². The molecule has 102 valence electrons. The van der Waals surface area contributed by atoms with Gasteiger partial charge in [-0.25, -0.2) is 0 Å². The van der Waals surface area contributed by atoms with Gasteiger partial charge in [0.05, 0.1) is 16.8 Å². The molecule has 7 nitrogen and oxygen atoms in total. The minimum Gasteiger partial charge on any atom is -0.508 e. The number of nitro groups is 1. The molecule has 0 unspecified atom stereocenters. The third-order valence-electron chi connectivity index (χ3n) is 2.47. The number of hydrazone groups is 1. The van der Waals surface area contributed by atoms with Crippen LogP contribution in [0.3, 0.4) is 0 Å². The van der Waals surface area contributed by atoms with Crippen LogP contribution in [-0.2, 0) is 0 Å². The highest BCUT2D eigenvalue weighted by Crippen LogP contribution is 2.21. The van der Waals surface area contributed by atoms with Gasteiger partial charge < -0.3 is 10.2 Å². The van der Waals surface area contributed by atoms with Crippen molar-refractivity contribution in [2.24, 2.45) is 5.10 Å². The van der Waals surface area contributed by atoms with Gasteiger partial charge in [-0.05, 0) is 18.2 Å². The van der Waals surface area contributed by atoms with Crippen molar-refractivity contribution in [1.29, 1.82) is 0 Å². The number of benzene rings is 2. The van der Waals surface area contributed by atoms with Gasteiger partial charge in [-0.3, -0.25) is 15.5 Å². The molecule has 2 aromatic carbocycles. The van der Waals surface area contributed by atoms with E-state index < -0.39 is 4.92 Å². The van der Waals surface area contributed by atoms with E-state index in [-0.39, 0.29) is 17.2 Å². The fourth-order valence-corrected chi connectivity index (χ4v) is 1.51.